The zero-order valence-corrected chi connectivity index (χ0v) is 14.9. The summed E-state index contributed by atoms with van der Waals surface area (Å²) in [7, 11) is 0. The van der Waals surface area contributed by atoms with Crippen LogP contribution in [0.2, 0.25) is 0 Å². The average Bonchev–Trinajstić information content (AvgIpc) is 2.71. The van der Waals surface area contributed by atoms with Crippen LogP contribution in [0.4, 0.5) is 0 Å². The minimum absolute atomic E-state index is 0.111. The van der Waals surface area contributed by atoms with Crippen molar-refractivity contribution in [3.63, 3.8) is 0 Å². The number of aliphatic hydroxyl groups is 2. The molecule has 3 N–H and O–H groups in total. The summed E-state index contributed by atoms with van der Waals surface area (Å²) in [6.07, 6.45) is 0. The van der Waals surface area contributed by atoms with Gasteiger partial charge in [0.15, 0.2) is 0 Å². The molecule has 0 atom stereocenters. The molecule has 26 heavy (non-hydrogen) atoms. The molecule has 0 heterocycles. The summed E-state index contributed by atoms with van der Waals surface area (Å²) in [6, 6.07) is 23.5. The van der Waals surface area contributed by atoms with E-state index in [0.29, 0.717) is 6.54 Å². The molecule has 0 aliphatic carbocycles. The first-order valence-corrected chi connectivity index (χ1v) is 8.94. The topological polar surface area (TPSA) is 52.5 Å². The predicted octanol–water partition coefficient (Wildman–Crippen LogP) is 3.98. The zero-order chi connectivity index (χ0) is 18.1. The molecule has 4 aromatic rings. The number of fused-ring (bicyclic) bond motifs is 5. The molecular weight excluding hydrogens is 322 g/mol. The van der Waals surface area contributed by atoms with E-state index in [2.05, 4.69) is 72.0 Å². The van der Waals surface area contributed by atoms with Crippen LogP contribution in [-0.4, -0.2) is 29.0 Å². The quantitative estimate of drug-likeness (QED) is 0.480. The Labute approximate surface area is 152 Å². The smallest absolute Gasteiger partial charge is 0.0633 e. The number of rotatable bonds is 5. The molecule has 0 aliphatic heterocycles. The molecule has 3 heteroatoms. The van der Waals surface area contributed by atoms with Crippen molar-refractivity contribution < 1.29 is 10.2 Å². The number of aliphatic hydroxyl groups excluding tert-OH is 2. The summed E-state index contributed by atoms with van der Waals surface area (Å²) in [5.74, 6) is 0. The van der Waals surface area contributed by atoms with Crippen molar-refractivity contribution in [1.82, 2.24) is 5.32 Å². The maximum atomic E-state index is 9.54. The predicted molar refractivity (Wildman–Crippen MR) is 108 cm³/mol. The van der Waals surface area contributed by atoms with Gasteiger partial charge in [-0.1, -0.05) is 60.7 Å². The summed E-state index contributed by atoms with van der Waals surface area (Å²) in [4.78, 5) is 0. The molecular formula is C23H23NO2. The molecule has 0 saturated heterocycles. The second-order valence-corrected chi connectivity index (χ2v) is 7.20. The number of nitrogens with one attached hydrogen (secondary N) is 1. The third-order valence-corrected chi connectivity index (χ3v) is 5.24. The van der Waals surface area contributed by atoms with Gasteiger partial charge in [-0.05, 0) is 50.9 Å². The first-order chi connectivity index (χ1) is 12.6. The van der Waals surface area contributed by atoms with Gasteiger partial charge in [0.1, 0.15) is 0 Å². The Hall–Kier alpha value is -2.46. The summed E-state index contributed by atoms with van der Waals surface area (Å²) >= 11 is 0. The minimum Gasteiger partial charge on any atom is -0.394 e. The van der Waals surface area contributed by atoms with Gasteiger partial charge in [0.05, 0.1) is 18.8 Å². The normalized spacial score (nSPS) is 12.3. The van der Waals surface area contributed by atoms with E-state index in [1.54, 1.807) is 0 Å². The zero-order valence-electron chi connectivity index (χ0n) is 14.9. The van der Waals surface area contributed by atoms with Gasteiger partial charge in [-0.15, -0.1) is 0 Å². The van der Waals surface area contributed by atoms with E-state index in [-0.39, 0.29) is 13.2 Å². The molecule has 0 unspecified atom stereocenters. The van der Waals surface area contributed by atoms with Crippen molar-refractivity contribution >= 4 is 32.3 Å². The fourth-order valence-corrected chi connectivity index (χ4v) is 3.57. The fraction of sp³-hybridized carbons (Fsp3) is 0.217. The minimum atomic E-state index is -0.695. The number of benzene rings is 4. The van der Waals surface area contributed by atoms with E-state index in [1.165, 1.54) is 32.3 Å². The highest BCUT2D eigenvalue weighted by molar-refractivity contribution is 6.20. The molecule has 0 bridgehead atoms. The van der Waals surface area contributed by atoms with E-state index in [4.69, 9.17) is 0 Å². The van der Waals surface area contributed by atoms with Gasteiger partial charge in [-0.3, -0.25) is 0 Å². The van der Waals surface area contributed by atoms with E-state index in [9.17, 15) is 10.2 Å². The van der Waals surface area contributed by atoms with E-state index < -0.39 is 5.54 Å². The highest BCUT2D eigenvalue weighted by Crippen LogP contribution is 2.34. The molecule has 0 amide bonds. The van der Waals surface area contributed by atoms with E-state index in [0.717, 1.165) is 5.56 Å². The van der Waals surface area contributed by atoms with Gasteiger partial charge in [-0.2, -0.15) is 0 Å². The van der Waals surface area contributed by atoms with E-state index in [1.807, 2.05) is 6.92 Å². The Kier molecular flexibility index (Phi) is 4.37. The first-order valence-electron chi connectivity index (χ1n) is 8.94. The van der Waals surface area contributed by atoms with Crippen molar-refractivity contribution in [1.29, 1.82) is 0 Å². The van der Waals surface area contributed by atoms with Crippen molar-refractivity contribution in [2.45, 2.75) is 19.0 Å². The molecule has 4 aromatic carbocycles. The molecule has 132 valence electrons. The fourth-order valence-electron chi connectivity index (χ4n) is 3.57. The van der Waals surface area contributed by atoms with Crippen LogP contribution in [-0.2, 0) is 6.54 Å². The van der Waals surface area contributed by atoms with Gasteiger partial charge in [0.2, 0.25) is 0 Å². The maximum Gasteiger partial charge on any atom is 0.0633 e. The lowest BCUT2D eigenvalue weighted by atomic mass is 9.93. The van der Waals surface area contributed by atoms with Gasteiger partial charge < -0.3 is 15.5 Å². The van der Waals surface area contributed by atoms with Gasteiger partial charge in [-0.25, -0.2) is 0 Å². The van der Waals surface area contributed by atoms with Crippen LogP contribution in [0.15, 0.2) is 66.7 Å². The first kappa shape index (κ1) is 17.0. The molecule has 3 nitrogen and oxygen atoms in total. The summed E-state index contributed by atoms with van der Waals surface area (Å²) < 4.78 is 0. The SMILES string of the molecule is CC(CO)(CO)NCc1cc2ccc3ccccc3c2c2ccccc12. The van der Waals surface area contributed by atoms with Crippen LogP contribution in [0, 0.1) is 0 Å². The van der Waals surface area contributed by atoms with Crippen LogP contribution in [0.1, 0.15) is 12.5 Å². The highest BCUT2D eigenvalue weighted by Gasteiger charge is 2.21. The molecule has 0 saturated carbocycles. The molecule has 0 aromatic heterocycles. The molecule has 4 rings (SSSR count). The summed E-state index contributed by atoms with van der Waals surface area (Å²) in [6.45, 7) is 2.18. The second-order valence-electron chi connectivity index (χ2n) is 7.20. The van der Waals surface area contributed by atoms with Gasteiger partial charge in [0, 0.05) is 6.54 Å². The molecule has 0 aliphatic rings. The van der Waals surface area contributed by atoms with Crippen molar-refractivity contribution in [3.8, 4) is 0 Å². The third kappa shape index (κ3) is 2.84. The number of hydrogen-bond donors (Lipinski definition) is 3. The summed E-state index contributed by atoms with van der Waals surface area (Å²) in [5.41, 5.74) is 0.468. The van der Waals surface area contributed by atoms with Crippen LogP contribution in [0.25, 0.3) is 32.3 Å². The lowest BCUT2D eigenvalue weighted by molar-refractivity contribution is 0.103. The van der Waals surface area contributed by atoms with Crippen molar-refractivity contribution in [2.24, 2.45) is 0 Å². The molecule has 0 fully saturated rings. The van der Waals surface area contributed by atoms with E-state index >= 15 is 0 Å². The third-order valence-electron chi connectivity index (χ3n) is 5.24. The Balaban J connectivity index is 1.93. The lowest BCUT2D eigenvalue weighted by Crippen LogP contribution is -2.48. The van der Waals surface area contributed by atoms with Crippen LogP contribution in [0.5, 0.6) is 0 Å². The number of hydrogen-bond acceptors (Lipinski definition) is 3. The Bertz CT molecular complexity index is 1080. The largest absolute Gasteiger partial charge is 0.394 e. The van der Waals surface area contributed by atoms with Crippen LogP contribution in [0.3, 0.4) is 0 Å². The second kappa shape index (κ2) is 6.69. The van der Waals surface area contributed by atoms with Crippen molar-refractivity contribution in [2.75, 3.05) is 13.2 Å². The molecule has 0 spiro atoms. The van der Waals surface area contributed by atoms with Gasteiger partial charge in [0.25, 0.3) is 0 Å². The highest BCUT2D eigenvalue weighted by atomic mass is 16.3. The monoisotopic (exact) mass is 345 g/mol. The van der Waals surface area contributed by atoms with Crippen LogP contribution < -0.4 is 5.32 Å². The Morgan fingerprint density at radius 3 is 2.12 bits per heavy atom. The molecule has 0 radical (unpaired) electrons. The van der Waals surface area contributed by atoms with Crippen molar-refractivity contribution in [3.05, 3.63) is 72.3 Å². The lowest BCUT2D eigenvalue weighted by Gasteiger charge is -2.27. The average molecular weight is 345 g/mol. The summed E-state index contributed by atoms with van der Waals surface area (Å²) in [5, 5.41) is 29.8. The Morgan fingerprint density at radius 2 is 1.38 bits per heavy atom. The Morgan fingerprint density at radius 1 is 0.769 bits per heavy atom. The maximum absolute atomic E-state index is 9.54. The van der Waals surface area contributed by atoms with Gasteiger partial charge >= 0.3 is 0 Å². The standard InChI is InChI=1S/C23H23NO2/c1-23(14-25,15-26)24-13-18-12-17-11-10-16-6-2-3-8-20(16)22(17)21-9-5-4-7-19(18)21/h2-12,24-26H,13-15H2,1H3. The van der Waals surface area contributed by atoms with Crippen LogP contribution >= 0.6 is 0 Å².